The van der Waals surface area contributed by atoms with Gasteiger partial charge in [-0.3, -0.25) is 4.79 Å². The van der Waals surface area contributed by atoms with Crippen LogP contribution in [-0.4, -0.2) is 26.6 Å². The molecule has 24 heavy (non-hydrogen) atoms. The van der Waals surface area contributed by atoms with Crippen molar-refractivity contribution in [3.63, 3.8) is 0 Å². The van der Waals surface area contributed by atoms with Gasteiger partial charge in [0, 0.05) is 16.0 Å². The predicted octanol–water partition coefficient (Wildman–Crippen LogP) is 3.03. The Kier molecular flexibility index (Phi) is 4.61. The van der Waals surface area contributed by atoms with E-state index in [0.717, 1.165) is 4.90 Å². The Morgan fingerprint density at radius 2 is 1.79 bits per heavy atom. The molecule has 0 aliphatic rings. The highest BCUT2D eigenvalue weighted by Gasteiger charge is 2.15. The van der Waals surface area contributed by atoms with Crippen molar-refractivity contribution < 1.29 is 14.3 Å². The van der Waals surface area contributed by atoms with Gasteiger partial charge in [0.1, 0.15) is 5.82 Å². The van der Waals surface area contributed by atoms with E-state index in [0.29, 0.717) is 16.5 Å². The lowest BCUT2D eigenvalue weighted by Gasteiger charge is -2.08. The number of thioether (sulfide) groups is 1. The van der Waals surface area contributed by atoms with Crippen LogP contribution >= 0.6 is 11.8 Å². The second-order valence-electron chi connectivity index (χ2n) is 5.03. The number of fused-ring (bicyclic) bond motifs is 1. The van der Waals surface area contributed by atoms with E-state index in [2.05, 4.69) is 5.10 Å². The molecule has 0 aliphatic carbocycles. The van der Waals surface area contributed by atoms with Crippen molar-refractivity contribution in [3.05, 3.63) is 70.4 Å². The zero-order chi connectivity index (χ0) is 17.1. The van der Waals surface area contributed by atoms with Gasteiger partial charge in [-0.05, 0) is 30.3 Å². The molecule has 0 spiro atoms. The molecule has 0 atom stereocenters. The van der Waals surface area contributed by atoms with E-state index in [9.17, 15) is 19.1 Å². The van der Waals surface area contributed by atoms with Crippen molar-refractivity contribution in [1.82, 2.24) is 9.78 Å². The minimum atomic E-state index is -1.17. The summed E-state index contributed by atoms with van der Waals surface area (Å²) in [6.07, 6.45) is 0. The van der Waals surface area contributed by atoms with Crippen LogP contribution in [0.25, 0.3) is 10.8 Å². The van der Waals surface area contributed by atoms with E-state index in [1.54, 1.807) is 36.4 Å². The highest BCUT2D eigenvalue weighted by molar-refractivity contribution is 7.99. The summed E-state index contributed by atoms with van der Waals surface area (Å²) in [7, 11) is 0. The number of carboxylic acids is 1. The van der Waals surface area contributed by atoms with E-state index < -0.39 is 5.97 Å². The van der Waals surface area contributed by atoms with Crippen molar-refractivity contribution >= 4 is 28.5 Å². The van der Waals surface area contributed by atoms with Crippen LogP contribution in [0.4, 0.5) is 4.39 Å². The third-order valence-electron chi connectivity index (χ3n) is 3.46. The van der Waals surface area contributed by atoms with Gasteiger partial charge in [-0.1, -0.05) is 18.2 Å². The fraction of sp³-hybridized carbons (Fsp3) is 0.118. The van der Waals surface area contributed by atoms with Crippen LogP contribution in [-0.2, 0) is 6.54 Å². The average Bonchev–Trinajstić information content (AvgIpc) is 2.58. The molecule has 1 N–H and O–H groups in total. The Morgan fingerprint density at radius 3 is 2.46 bits per heavy atom. The standard InChI is InChI=1S/C17H13FN2O3S/c18-11-5-7-12(8-6-11)24-10-9-20-16(21)14-4-2-1-3-13(14)15(19-20)17(22)23/h1-8H,9-10H2,(H,22,23). The average molecular weight is 344 g/mol. The van der Waals surface area contributed by atoms with E-state index in [1.807, 2.05) is 0 Å². The molecule has 3 aromatic rings. The molecule has 0 saturated heterocycles. The van der Waals surface area contributed by atoms with E-state index in [4.69, 9.17) is 0 Å². The van der Waals surface area contributed by atoms with Crippen molar-refractivity contribution in [1.29, 1.82) is 0 Å². The summed E-state index contributed by atoms with van der Waals surface area (Å²) in [6, 6.07) is 12.6. The van der Waals surface area contributed by atoms with Crippen LogP contribution in [0, 0.1) is 5.82 Å². The largest absolute Gasteiger partial charge is 0.476 e. The minimum Gasteiger partial charge on any atom is -0.476 e. The van der Waals surface area contributed by atoms with Gasteiger partial charge in [0.05, 0.1) is 11.9 Å². The summed E-state index contributed by atoms with van der Waals surface area (Å²) in [4.78, 5) is 24.7. The van der Waals surface area contributed by atoms with E-state index in [1.165, 1.54) is 28.6 Å². The molecular weight excluding hydrogens is 331 g/mol. The monoisotopic (exact) mass is 344 g/mol. The number of aromatic nitrogens is 2. The molecule has 0 aliphatic heterocycles. The number of benzene rings is 2. The number of carbonyl (C=O) groups is 1. The normalized spacial score (nSPS) is 10.9. The van der Waals surface area contributed by atoms with Crippen LogP contribution < -0.4 is 5.56 Å². The van der Waals surface area contributed by atoms with Crippen molar-refractivity contribution in [3.8, 4) is 0 Å². The van der Waals surface area contributed by atoms with Gasteiger partial charge < -0.3 is 5.11 Å². The molecule has 0 unspecified atom stereocenters. The molecule has 122 valence electrons. The van der Waals surface area contributed by atoms with Gasteiger partial charge in [-0.25, -0.2) is 13.9 Å². The first-order chi connectivity index (χ1) is 11.6. The maximum absolute atomic E-state index is 12.9. The Balaban J connectivity index is 1.86. The summed E-state index contributed by atoms with van der Waals surface area (Å²) in [5.74, 6) is -0.973. The Bertz CT molecular complexity index is 954. The molecule has 1 heterocycles. The molecule has 5 nitrogen and oxygen atoms in total. The van der Waals surface area contributed by atoms with Crippen LogP contribution in [0.15, 0.2) is 58.2 Å². The maximum atomic E-state index is 12.9. The zero-order valence-corrected chi connectivity index (χ0v) is 13.3. The second-order valence-corrected chi connectivity index (χ2v) is 6.20. The number of hydrogen-bond acceptors (Lipinski definition) is 4. The zero-order valence-electron chi connectivity index (χ0n) is 12.5. The molecule has 1 aromatic heterocycles. The molecule has 2 aromatic carbocycles. The maximum Gasteiger partial charge on any atom is 0.357 e. The Morgan fingerprint density at radius 1 is 1.12 bits per heavy atom. The van der Waals surface area contributed by atoms with Crippen LogP contribution in [0.5, 0.6) is 0 Å². The lowest BCUT2D eigenvalue weighted by atomic mass is 10.1. The highest BCUT2D eigenvalue weighted by Crippen LogP contribution is 2.18. The molecule has 0 bridgehead atoms. The van der Waals surface area contributed by atoms with Gasteiger partial charge in [0.25, 0.3) is 5.56 Å². The first-order valence-electron chi connectivity index (χ1n) is 7.18. The summed E-state index contributed by atoms with van der Waals surface area (Å²) >= 11 is 1.44. The lowest BCUT2D eigenvalue weighted by Crippen LogP contribution is -2.26. The first-order valence-corrected chi connectivity index (χ1v) is 8.16. The Hall–Kier alpha value is -2.67. The van der Waals surface area contributed by atoms with Gasteiger partial charge in [-0.2, -0.15) is 5.10 Å². The number of halogens is 1. The van der Waals surface area contributed by atoms with Crippen molar-refractivity contribution in [2.45, 2.75) is 11.4 Å². The minimum absolute atomic E-state index is 0.142. The topological polar surface area (TPSA) is 72.2 Å². The fourth-order valence-corrected chi connectivity index (χ4v) is 3.15. The van der Waals surface area contributed by atoms with E-state index >= 15 is 0 Å². The van der Waals surface area contributed by atoms with Gasteiger partial charge in [-0.15, -0.1) is 11.8 Å². The third kappa shape index (κ3) is 3.30. The lowest BCUT2D eigenvalue weighted by molar-refractivity contribution is 0.0690. The quantitative estimate of drug-likeness (QED) is 0.720. The van der Waals surface area contributed by atoms with Gasteiger partial charge >= 0.3 is 5.97 Å². The van der Waals surface area contributed by atoms with Crippen molar-refractivity contribution in [2.75, 3.05) is 5.75 Å². The van der Waals surface area contributed by atoms with Crippen molar-refractivity contribution in [2.24, 2.45) is 0 Å². The number of aryl methyl sites for hydroxylation is 1. The van der Waals surface area contributed by atoms with Gasteiger partial charge in [0.15, 0.2) is 5.69 Å². The van der Waals surface area contributed by atoms with E-state index in [-0.39, 0.29) is 23.6 Å². The van der Waals surface area contributed by atoms with Crippen LogP contribution in [0.3, 0.4) is 0 Å². The second kappa shape index (κ2) is 6.84. The van der Waals surface area contributed by atoms with Gasteiger partial charge in [0.2, 0.25) is 0 Å². The molecular formula is C17H13FN2O3S. The SMILES string of the molecule is O=C(O)c1nn(CCSc2ccc(F)cc2)c(=O)c2ccccc12. The Labute approximate surface area is 140 Å². The number of aromatic carboxylic acids is 1. The fourth-order valence-electron chi connectivity index (χ4n) is 2.33. The summed E-state index contributed by atoms with van der Waals surface area (Å²) in [6.45, 7) is 0.256. The van der Waals surface area contributed by atoms with Crippen LogP contribution in [0.1, 0.15) is 10.5 Å². The molecule has 0 radical (unpaired) electrons. The van der Waals surface area contributed by atoms with Crippen LogP contribution in [0.2, 0.25) is 0 Å². The third-order valence-corrected chi connectivity index (χ3v) is 4.45. The predicted molar refractivity (Wildman–Crippen MR) is 90.1 cm³/mol. The summed E-state index contributed by atoms with van der Waals surface area (Å²) < 4.78 is 14.0. The summed E-state index contributed by atoms with van der Waals surface area (Å²) in [5.41, 5.74) is -0.465. The molecule has 3 rings (SSSR count). The smallest absolute Gasteiger partial charge is 0.357 e. The number of nitrogens with zero attached hydrogens (tertiary/aromatic N) is 2. The number of carboxylic acid groups (broad SMARTS) is 1. The summed E-state index contributed by atoms with van der Waals surface area (Å²) in [5, 5.41) is 13.9. The molecule has 0 fully saturated rings. The molecule has 0 amide bonds. The highest BCUT2D eigenvalue weighted by atomic mass is 32.2. The molecule has 7 heteroatoms. The first kappa shape index (κ1) is 16.2. The molecule has 0 saturated carbocycles. The number of hydrogen-bond donors (Lipinski definition) is 1. The number of rotatable bonds is 5.